The Balaban J connectivity index is 1.46. The summed E-state index contributed by atoms with van der Waals surface area (Å²) in [5.41, 5.74) is 3.90. The smallest absolute Gasteiger partial charge is 0.248 e. The highest BCUT2D eigenvalue weighted by atomic mass is 32.2. The van der Waals surface area contributed by atoms with Crippen LogP contribution in [0.25, 0.3) is 6.08 Å². The van der Waals surface area contributed by atoms with Crippen LogP contribution < -0.4 is 5.32 Å². The molecule has 0 unspecified atom stereocenters. The normalized spacial score (nSPS) is 17.9. The fourth-order valence-corrected chi connectivity index (χ4v) is 5.59. The van der Waals surface area contributed by atoms with Gasteiger partial charge in [0.15, 0.2) is 0 Å². The topological polar surface area (TPSA) is 71.4 Å². The van der Waals surface area contributed by atoms with Gasteiger partial charge in [-0.2, -0.15) is 4.31 Å². The van der Waals surface area contributed by atoms with Gasteiger partial charge in [0.2, 0.25) is 15.9 Å². The second kappa shape index (κ2) is 7.80. The molecule has 4 rings (SSSR count). The molecule has 1 aliphatic heterocycles. The maximum Gasteiger partial charge on any atom is 0.248 e. The molecule has 0 atom stereocenters. The molecule has 1 amide bonds. The monoisotopic (exact) mass is 413 g/mol. The summed E-state index contributed by atoms with van der Waals surface area (Å²) in [4.78, 5) is 12.6. The molecular weight excluding hydrogens is 386 g/mol. The summed E-state index contributed by atoms with van der Waals surface area (Å²) in [6.07, 6.45) is 7.54. The molecule has 29 heavy (non-hydrogen) atoms. The lowest BCUT2D eigenvalue weighted by atomic mass is 10.2. The van der Waals surface area contributed by atoms with Crippen molar-refractivity contribution in [1.29, 1.82) is 0 Å². The molecule has 0 radical (unpaired) electrons. The number of hydrogen-bond donors (Lipinski definition) is 1. The summed E-state index contributed by atoms with van der Waals surface area (Å²) < 4.78 is 29.3. The van der Waals surface area contributed by atoms with Crippen molar-refractivity contribution in [3.8, 4) is 0 Å². The van der Waals surface area contributed by atoms with Crippen molar-refractivity contribution >= 4 is 27.7 Å². The fraction of sp³-hybridized carbons (Fsp3) is 0.409. The second-order valence-electron chi connectivity index (χ2n) is 7.89. The average Bonchev–Trinajstić information content (AvgIpc) is 3.25. The first kappa shape index (κ1) is 19.9. The zero-order valence-corrected chi connectivity index (χ0v) is 17.7. The van der Waals surface area contributed by atoms with Crippen molar-refractivity contribution in [2.45, 2.75) is 50.5 Å². The van der Waals surface area contributed by atoms with Crippen LogP contribution in [0.1, 0.15) is 48.7 Å². The van der Waals surface area contributed by atoms with E-state index in [0.717, 1.165) is 18.4 Å². The van der Waals surface area contributed by atoms with Crippen molar-refractivity contribution in [3.05, 3.63) is 53.4 Å². The number of aromatic nitrogens is 1. The summed E-state index contributed by atoms with van der Waals surface area (Å²) in [6.45, 7) is 5.28. The Hall–Kier alpha value is -2.38. The number of aryl methyl sites for hydroxylation is 1. The highest BCUT2D eigenvalue weighted by Crippen LogP contribution is 2.38. The first-order valence-electron chi connectivity index (χ1n) is 10.1. The number of anilines is 1. The summed E-state index contributed by atoms with van der Waals surface area (Å²) in [5, 5.41) is 2.78. The van der Waals surface area contributed by atoms with E-state index in [4.69, 9.17) is 0 Å². The lowest BCUT2D eigenvalue weighted by Gasteiger charge is -2.16. The van der Waals surface area contributed by atoms with Gasteiger partial charge in [-0.3, -0.25) is 4.79 Å². The van der Waals surface area contributed by atoms with Crippen LogP contribution in [-0.2, 0) is 14.8 Å². The van der Waals surface area contributed by atoms with E-state index in [-0.39, 0.29) is 10.8 Å². The van der Waals surface area contributed by atoms with Crippen LogP contribution in [0.5, 0.6) is 0 Å². The van der Waals surface area contributed by atoms with Crippen LogP contribution in [0.4, 0.5) is 5.69 Å². The average molecular weight is 414 g/mol. The Morgan fingerprint density at radius 3 is 2.55 bits per heavy atom. The number of benzene rings is 1. The lowest BCUT2D eigenvalue weighted by molar-refractivity contribution is -0.111. The van der Waals surface area contributed by atoms with Gasteiger partial charge in [0.1, 0.15) is 0 Å². The Morgan fingerprint density at radius 2 is 1.86 bits per heavy atom. The van der Waals surface area contributed by atoms with Gasteiger partial charge in [-0.05, 0) is 75.4 Å². The van der Waals surface area contributed by atoms with Crippen molar-refractivity contribution in [1.82, 2.24) is 8.87 Å². The number of amides is 1. The van der Waals surface area contributed by atoms with Crippen LogP contribution in [0.3, 0.4) is 0 Å². The van der Waals surface area contributed by atoms with E-state index in [1.54, 1.807) is 18.2 Å². The molecule has 1 saturated carbocycles. The first-order valence-corrected chi connectivity index (χ1v) is 11.6. The summed E-state index contributed by atoms with van der Waals surface area (Å²) >= 11 is 0. The second-order valence-corrected chi connectivity index (χ2v) is 9.83. The van der Waals surface area contributed by atoms with E-state index in [9.17, 15) is 13.2 Å². The third kappa shape index (κ3) is 4.16. The Morgan fingerprint density at radius 1 is 1.14 bits per heavy atom. The highest BCUT2D eigenvalue weighted by molar-refractivity contribution is 7.89. The maximum atomic E-state index is 12.7. The molecule has 154 valence electrons. The first-order chi connectivity index (χ1) is 13.9. The van der Waals surface area contributed by atoms with Crippen molar-refractivity contribution in [3.63, 3.8) is 0 Å². The third-order valence-electron chi connectivity index (χ3n) is 5.65. The van der Waals surface area contributed by atoms with E-state index < -0.39 is 10.0 Å². The quantitative estimate of drug-likeness (QED) is 0.731. The molecule has 2 fully saturated rings. The standard InChI is InChI=1S/C22H27N3O3S/c1-16-14-18(17(2)25(16)20-9-10-20)8-11-22(26)23-19-6-5-7-21(15-19)29(27,28)24-12-3-4-13-24/h5-8,11,14-15,20H,3-4,9-10,12-13H2,1-2H3,(H,23,26)/b11-8+. The molecule has 0 bridgehead atoms. The molecule has 1 aliphatic carbocycles. The van der Waals surface area contributed by atoms with Gasteiger partial charge >= 0.3 is 0 Å². The minimum Gasteiger partial charge on any atom is -0.346 e. The third-order valence-corrected chi connectivity index (χ3v) is 7.55. The zero-order valence-electron chi connectivity index (χ0n) is 16.9. The largest absolute Gasteiger partial charge is 0.346 e. The minimum absolute atomic E-state index is 0.217. The van der Waals surface area contributed by atoms with E-state index >= 15 is 0 Å². The van der Waals surface area contributed by atoms with Crippen LogP contribution in [0.15, 0.2) is 41.3 Å². The van der Waals surface area contributed by atoms with Crippen molar-refractivity contribution < 1.29 is 13.2 Å². The molecular formula is C22H27N3O3S. The number of nitrogens with zero attached hydrogens (tertiary/aromatic N) is 2. The van der Waals surface area contributed by atoms with E-state index in [1.165, 1.54) is 40.7 Å². The van der Waals surface area contributed by atoms with Crippen molar-refractivity contribution in [2.24, 2.45) is 0 Å². The van der Waals surface area contributed by atoms with Gasteiger partial charge in [0.05, 0.1) is 4.90 Å². The molecule has 2 heterocycles. The van der Waals surface area contributed by atoms with Crippen LogP contribution >= 0.6 is 0 Å². The zero-order chi connectivity index (χ0) is 20.6. The van der Waals surface area contributed by atoms with Crippen LogP contribution in [0.2, 0.25) is 0 Å². The number of hydrogen-bond acceptors (Lipinski definition) is 3. The molecule has 6 nitrogen and oxygen atoms in total. The number of rotatable bonds is 6. The molecule has 2 aliphatic rings. The summed E-state index contributed by atoms with van der Waals surface area (Å²) in [5.74, 6) is -0.281. The van der Waals surface area contributed by atoms with Gasteiger partial charge in [-0.1, -0.05) is 6.07 Å². The van der Waals surface area contributed by atoms with E-state index in [2.05, 4.69) is 29.8 Å². The highest BCUT2D eigenvalue weighted by Gasteiger charge is 2.28. The maximum absolute atomic E-state index is 12.7. The molecule has 1 N–H and O–H groups in total. The molecule has 7 heteroatoms. The lowest BCUT2D eigenvalue weighted by Crippen LogP contribution is -2.27. The predicted octanol–water partition coefficient (Wildman–Crippen LogP) is 3.88. The van der Waals surface area contributed by atoms with Gasteiger partial charge < -0.3 is 9.88 Å². The SMILES string of the molecule is Cc1cc(/C=C/C(=O)Nc2cccc(S(=O)(=O)N3CCCC3)c2)c(C)n1C1CC1. The van der Waals surface area contributed by atoms with Gasteiger partial charge in [-0.25, -0.2) is 8.42 Å². The summed E-state index contributed by atoms with van der Waals surface area (Å²) in [7, 11) is -3.50. The van der Waals surface area contributed by atoms with Gasteiger partial charge in [0, 0.05) is 42.3 Å². The molecule has 1 aromatic heterocycles. The molecule has 1 aromatic carbocycles. The van der Waals surface area contributed by atoms with E-state index in [0.29, 0.717) is 24.8 Å². The predicted molar refractivity (Wildman–Crippen MR) is 114 cm³/mol. The minimum atomic E-state index is -3.50. The van der Waals surface area contributed by atoms with Crippen LogP contribution in [0, 0.1) is 13.8 Å². The van der Waals surface area contributed by atoms with Crippen LogP contribution in [-0.4, -0.2) is 36.3 Å². The molecule has 1 saturated heterocycles. The number of nitrogens with one attached hydrogen (secondary N) is 1. The molecule has 2 aromatic rings. The fourth-order valence-electron chi connectivity index (χ4n) is 4.03. The van der Waals surface area contributed by atoms with Gasteiger partial charge in [0.25, 0.3) is 0 Å². The summed E-state index contributed by atoms with van der Waals surface area (Å²) in [6, 6.07) is 9.16. The van der Waals surface area contributed by atoms with Gasteiger partial charge in [-0.15, -0.1) is 0 Å². The Bertz CT molecular complexity index is 1060. The number of sulfonamides is 1. The molecule has 0 spiro atoms. The number of carbonyl (C=O) groups is 1. The number of carbonyl (C=O) groups excluding carboxylic acids is 1. The van der Waals surface area contributed by atoms with Crippen molar-refractivity contribution in [2.75, 3.05) is 18.4 Å². The van der Waals surface area contributed by atoms with E-state index in [1.807, 2.05) is 6.08 Å². The Kier molecular flexibility index (Phi) is 5.36. The Labute approximate surface area is 172 Å².